The molecule has 0 spiro atoms. The molecule has 0 fully saturated rings. The molecule has 4 rings (SSSR count). The summed E-state index contributed by atoms with van der Waals surface area (Å²) in [4.78, 5) is 6.33. The highest BCUT2D eigenvalue weighted by Gasteiger charge is 2.13. The molecule has 0 amide bonds. The van der Waals surface area contributed by atoms with Gasteiger partial charge in [0.2, 0.25) is 11.9 Å². The second-order valence-electron chi connectivity index (χ2n) is 6.35. The minimum atomic E-state index is 0.227. The molecule has 6 nitrogen and oxygen atoms in total. The minimum absolute atomic E-state index is 0.227. The monoisotopic (exact) mass is 358 g/mol. The van der Waals surface area contributed by atoms with Gasteiger partial charge in [0.05, 0.1) is 0 Å². The van der Waals surface area contributed by atoms with Gasteiger partial charge in [0.1, 0.15) is 0 Å². The Morgan fingerprint density at radius 3 is 2.48 bits per heavy atom. The third-order valence-corrected chi connectivity index (χ3v) is 4.32. The molecule has 3 aromatic carbocycles. The lowest BCUT2D eigenvalue weighted by Crippen LogP contribution is -2.08. The lowest BCUT2D eigenvalue weighted by Gasteiger charge is -2.11. The largest absolute Gasteiger partial charge is 0.618 e. The Labute approximate surface area is 156 Å². The van der Waals surface area contributed by atoms with Crippen LogP contribution in [-0.2, 0) is 0 Å². The van der Waals surface area contributed by atoms with Crippen LogP contribution < -0.4 is 4.90 Å². The van der Waals surface area contributed by atoms with Crippen molar-refractivity contribution in [1.82, 2.24) is 10.1 Å². The fraction of sp³-hybridized carbons (Fsp3) is 0.0952. The first-order chi connectivity index (χ1) is 13.1. The Kier molecular flexibility index (Phi) is 4.30. The summed E-state index contributed by atoms with van der Waals surface area (Å²) >= 11 is 0. The van der Waals surface area contributed by atoms with Crippen LogP contribution in [0.5, 0.6) is 0 Å². The van der Waals surface area contributed by atoms with Crippen LogP contribution >= 0.6 is 0 Å². The Hall–Kier alpha value is -3.67. The molecule has 0 saturated heterocycles. The molecule has 0 saturated carbocycles. The van der Waals surface area contributed by atoms with Crippen molar-refractivity contribution in [3.63, 3.8) is 0 Å². The van der Waals surface area contributed by atoms with Gasteiger partial charge in [-0.25, -0.2) is 0 Å². The lowest BCUT2D eigenvalue weighted by molar-refractivity contribution is -0.354. The number of aromatic nitrogens is 2. The Bertz CT molecular complexity index is 1110. The van der Waals surface area contributed by atoms with Gasteiger partial charge in [-0.15, -0.1) is 0 Å². The number of fused-ring (bicyclic) bond motifs is 1. The highest BCUT2D eigenvalue weighted by Crippen LogP contribution is 2.27. The number of rotatable bonds is 4. The molecule has 1 heterocycles. The van der Waals surface area contributed by atoms with E-state index in [1.807, 2.05) is 73.6 Å². The van der Waals surface area contributed by atoms with Crippen molar-refractivity contribution in [2.24, 2.45) is 0 Å². The van der Waals surface area contributed by atoms with Crippen molar-refractivity contribution in [3.8, 4) is 11.5 Å². The highest BCUT2D eigenvalue weighted by molar-refractivity contribution is 5.94. The quantitative estimate of drug-likeness (QED) is 0.236. The number of anilines is 1. The van der Waals surface area contributed by atoms with E-state index in [2.05, 4.69) is 10.1 Å². The van der Waals surface area contributed by atoms with Crippen molar-refractivity contribution in [2.75, 3.05) is 19.0 Å². The summed E-state index contributed by atoms with van der Waals surface area (Å²) < 4.78 is 6.11. The molecular formula is C21H18N4O2. The predicted molar refractivity (Wildman–Crippen MR) is 106 cm³/mol. The molecule has 4 aromatic rings. The van der Waals surface area contributed by atoms with Crippen molar-refractivity contribution in [1.29, 1.82) is 0 Å². The van der Waals surface area contributed by atoms with E-state index in [0.29, 0.717) is 11.6 Å². The number of benzene rings is 3. The summed E-state index contributed by atoms with van der Waals surface area (Å²) in [5.74, 6) is 0.610. The van der Waals surface area contributed by atoms with Crippen LogP contribution in [0.4, 0.5) is 11.4 Å². The van der Waals surface area contributed by atoms with E-state index in [9.17, 15) is 5.21 Å². The van der Waals surface area contributed by atoms with Crippen molar-refractivity contribution < 1.29 is 9.26 Å². The molecule has 134 valence electrons. The van der Waals surface area contributed by atoms with E-state index < -0.39 is 0 Å². The zero-order chi connectivity index (χ0) is 18.8. The molecular weight excluding hydrogens is 340 g/mol. The number of hydrogen-bond acceptors (Lipinski definition) is 5. The highest BCUT2D eigenvalue weighted by atomic mass is 16.5. The van der Waals surface area contributed by atoms with Gasteiger partial charge in [-0.05, 0) is 29.0 Å². The summed E-state index contributed by atoms with van der Waals surface area (Å²) in [6.07, 6.45) is 1.31. The van der Waals surface area contributed by atoms with E-state index in [0.717, 1.165) is 26.8 Å². The molecule has 0 radical (unpaired) electrons. The third-order valence-electron chi connectivity index (χ3n) is 4.32. The van der Waals surface area contributed by atoms with Crippen molar-refractivity contribution in [3.05, 3.63) is 77.8 Å². The molecule has 0 aliphatic rings. The second kappa shape index (κ2) is 6.92. The average Bonchev–Trinajstić information content (AvgIpc) is 3.15. The molecule has 0 bridgehead atoms. The van der Waals surface area contributed by atoms with Gasteiger partial charge in [-0.2, -0.15) is 9.72 Å². The first-order valence-electron chi connectivity index (χ1n) is 8.52. The SMILES string of the molecule is CN(C)c1ccc(/[N+]([O-])=C/c2noc(-c3cccc4ccccc34)n2)cc1. The Morgan fingerprint density at radius 1 is 0.963 bits per heavy atom. The van der Waals surface area contributed by atoms with Gasteiger partial charge in [0, 0.05) is 37.5 Å². The lowest BCUT2D eigenvalue weighted by atomic mass is 10.0. The van der Waals surface area contributed by atoms with Gasteiger partial charge < -0.3 is 14.6 Å². The Balaban J connectivity index is 1.65. The van der Waals surface area contributed by atoms with Gasteiger partial charge in [0.15, 0.2) is 0 Å². The van der Waals surface area contributed by atoms with Gasteiger partial charge in [-0.1, -0.05) is 41.6 Å². The van der Waals surface area contributed by atoms with E-state index in [4.69, 9.17) is 4.52 Å². The third kappa shape index (κ3) is 3.37. The smallest absolute Gasteiger partial charge is 0.261 e. The Morgan fingerprint density at radius 2 is 1.70 bits per heavy atom. The van der Waals surface area contributed by atoms with Gasteiger partial charge >= 0.3 is 0 Å². The number of hydrogen-bond donors (Lipinski definition) is 0. The predicted octanol–water partition coefficient (Wildman–Crippen LogP) is 4.22. The molecule has 0 aliphatic heterocycles. The molecule has 0 N–H and O–H groups in total. The van der Waals surface area contributed by atoms with E-state index in [1.165, 1.54) is 6.21 Å². The van der Waals surface area contributed by atoms with Gasteiger partial charge in [-0.3, -0.25) is 0 Å². The second-order valence-corrected chi connectivity index (χ2v) is 6.35. The molecule has 6 heteroatoms. The van der Waals surface area contributed by atoms with Crippen molar-refractivity contribution >= 4 is 28.4 Å². The molecule has 0 aliphatic carbocycles. The van der Waals surface area contributed by atoms with Crippen LogP contribution in [0.3, 0.4) is 0 Å². The van der Waals surface area contributed by atoms with Gasteiger partial charge in [0.25, 0.3) is 11.7 Å². The van der Waals surface area contributed by atoms with E-state index in [-0.39, 0.29) is 5.82 Å². The zero-order valence-corrected chi connectivity index (χ0v) is 15.0. The summed E-state index contributed by atoms with van der Waals surface area (Å²) in [6.45, 7) is 0. The zero-order valence-electron chi connectivity index (χ0n) is 15.0. The van der Waals surface area contributed by atoms with Crippen LogP contribution in [-0.4, -0.2) is 35.2 Å². The van der Waals surface area contributed by atoms with Crippen LogP contribution in [0.2, 0.25) is 0 Å². The summed E-state index contributed by atoms with van der Waals surface area (Å²) in [5, 5.41) is 18.4. The maximum Gasteiger partial charge on any atom is 0.261 e. The number of nitrogens with zero attached hydrogens (tertiary/aromatic N) is 4. The fourth-order valence-corrected chi connectivity index (χ4v) is 2.89. The molecule has 0 unspecified atom stereocenters. The maximum atomic E-state index is 12.4. The fourth-order valence-electron chi connectivity index (χ4n) is 2.89. The van der Waals surface area contributed by atoms with E-state index >= 15 is 0 Å². The summed E-state index contributed by atoms with van der Waals surface area (Å²) in [5.41, 5.74) is 2.36. The molecule has 1 aromatic heterocycles. The first kappa shape index (κ1) is 16.8. The summed E-state index contributed by atoms with van der Waals surface area (Å²) in [6, 6.07) is 21.1. The summed E-state index contributed by atoms with van der Waals surface area (Å²) in [7, 11) is 3.90. The van der Waals surface area contributed by atoms with Crippen LogP contribution in [0.25, 0.3) is 22.2 Å². The van der Waals surface area contributed by atoms with Crippen LogP contribution in [0.15, 0.2) is 71.3 Å². The molecule has 0 atom stereocenters. The average molecular weight is 358 g/mol. The molecule has 27 heavy (non-hydrogen) atoms. The van der Waals surface area contributed by atoms with E-state index in [1.54, 1.807) is 12.1 Å². The first-order valence-corrected chi connectivity index (χ1v) is 8.52. The topological polar surface area (TPSA) is 68.2 Å². The standard InChI is InChI=1S/C21H18N4O2/c1-24(2)16-10-12-17(13-11-16)25(26)14-20-22-21(27-23-20)19-9-5-7-15-6-3-4-8-18(15)19/h3-14H,1-2H3/b25-14-. The van der Waals surface area contributed by atoms with Crippen LogP contribution in [0.1, 0.15) is 5.82 Å². The normalized spacial score (nSPS) is 11.7. The van der Waals surface area contributed by atoms with Crippen molar-refractivity contribution in [2.45, 2.75) is 0 Å². The minimum Gasteiger partial charge on any atom is -0.618 e. The maximum absolute atomic E-state index is 12.4. The van der Waals surface area contributed by atoms with Crippen LogP contribution in [0, 0.1) is 5.21 Å².